The Morgan fingerprint density at radius 1 is 0.840 bits per heavy atom. The van der Waals surface area contributed by atoms with E-state index in [1.165, 1.54) is 0 Å². The van der Waals surface area contributed by atoms with Crippen molar-refractivity contribution in [1.82, 2.24) is 10.6 Å². The van der Waals surface area contributed by atoms with E-state index in [4.69, 9.17) is 28.7 Å². The predicted molar refractivity (Wildman–Crippen MR) is 88.3 cm³/mol. The second-order valence-electron chi connectivity index (χ2n) is 4.94. The molecule has 0 bridgehead atoms. The van der Waals surface area contributed by atoms with Gasteiger partial charge in [-0.3, -0.25) is 0 Å². The van der Waals surface area contributed by atoms with Crippen molar-refractivity contribution in [2.45, 2.75) is 25.9 Å². The molecular weight excluding hydrogens is 323 g/mol. The number of hydrogen-bond acceptors (Lipinski definition) is 8. The van der Waals surface area contributed by atoms with Crippen LogP contribution < -0.4 is 19.9 Å². The zero-order valence-electron chi connectivity index (χ0n) is 13.7. The van der Waals surface area contributed by atoms with Gasteiger partial charge in [-0.1, -0.05) is 0 Å². The van der Waals surface area contributed by atoms with Gasteiger partial charge in [-0.2, -0.15) is 10.5 Å². The average molecular weight is 341 g/mol. The molecule has 0 aliphatic rings. The van der Waals surface area contributed by atoms with Crippen LogP contribution in [0.2, 0.25) is 0 Å². The smallest absolute Gasteiger partial charge is 0.499 e. The van der Waals surface area contributed by atoms with Crippen molar-refractivity contribution in [3.05, 3.63) is 35.8 Å². The highest BCUT2D eigenvalue weighted by molar-refractivity contribution is 6.20. The van der Waals surface area contributed by atoms with Crippen molar-refractivity contribution in [1.29, 1.82) is 10.5 Å². The molecule has 0 unspecified atom stereocenters. The Hall–Kier alpha value is -2.88. The molecule has 2 aromatic heterocycles. The lowest BCUT2D eigenvalue weighted by Gasteiger charge is -2.02. The maximum Gasteiger partial charge on any atom is 0.662 e. The minimum atomic E-state index is 0.294. The third-order valence-corrected chi connectivity index (χ3v) is 3.03. The van der Waals surface area contributed by atoms with Gasteiger partial charge in [-0.25, -0.2) is 0 Å². The van der Waals surface area contributed by atoms with E-state index in [1.807, 2.05) is 0 Å². The van der Waals surface area contributed by atoms with Crippen LogP contribution in [0.15, 0.2) is 33.1 Å². The molecule has 129 valence electrons. The van der Waals surface area contributed by atoms with E-state index in [0.717, 1.165) is 7.69 Å². The van der Waals surface area contributed by atoms with E-state index in [-0.39, 0.29) is 0 Å². The Kier molecular flexibility index (Phi) is 7.99. The Balaban J connectivity index is 1.64. The van der Waals surface area contributed by atoms with Crippen LogP contribution in [0, 0.1) is 22.7 Å². The van der Waals surface area contributed by atoms with E-state index in [0.29, 0.717) is 62.4 Å². The van der Waals surface area contributed by atoms with Crippen LogP contribution in [-0.4, -0.2) is 20.8 Å². The van der Waals surface area contributed by atoms with Crippen molar-refractivity contribution < 1.29 is 18.1 Å². The molecule has 9 heteroatoms. The maximum atomic E-state index is 8.45. The zero-order valence-corrected chi connectivity index (χ0v) is 13.7. The predicted octanol–water partition coefficient (Wildman–Crippen LogP) is 1.87. The summed E-state index contributed by atoms with van der Waals surface area (Å²) in [7, 11) is 1.12. The van der Waals surface area contributed by atoms with Gasteiger partial charge in [0.2, 0.25) is 0 Å². The number of rotatable bonds is 12. The number of nitriles is 2. The standard InChI is InChI=1S/C16H18BN4O4/c18-7-1-9-20-11-13-3-5-15(22-13)24-17-25-16-6-4-14(23-16)12-21-10-2-8-19/h3-6,20-21H,1-2,9-12H2. The van der Waals surface area contributed by atoms with Crippen LogP contribution in [-0.2, 0) is 13.1 Å². The lowest BCUT2D eigenvalue weighted by molar-refractivity contribution is 0.312. The molecule has 0 saturated carbocycles. The number of hydrogen-bond donors (Lipinski definition) is 2. The Labute approximate surface area is 146 Å². The largest absolute Gasteiger partial charge is 0.662 e. The molecular formula is C16H18BN4O4. The highest BCUT2D eigenvalue weighted by atomic mass is 16.7. The summed E-state index contributed by atoms with van der Waals surface area (Å²) >= 11 is 0. The maximum absolute atomic E-state index is 8.45. The van der Waals surface area contributed by atoms with Gasteiger partial charge >= 0.3 is 7.69 Å². The summed E-state index contributed by atoms with van der Waals surface area (Å²) in [6.07, 6.45) is 0.898. The molecule has 1 radical (unpaired) electrons. The van der Waals surface area contributed by atoms with Crippen LogP contribution in [0.5, 0.6) is 11.9 Å². The second-order valence-corrected chi connectivity index (χ2v) is 4.94. The summed E-state index contributed by atoms with van der Waals surface area (Å²) in [5, 5.41) is 23.0. The highest BCUT2D eigenvalue weighted by Crippen LogP contribution is 2.18. The van der Waals surface area contributed by atoms with Gasteiger partial charge < -0.3 is 28.8 Å². The quantitative estimate of drug-likeness (QED) is 0.444. The van der Waals surface area contributed by atoms with Gasteiger partial charge in [0.25, 0.3) is 11.9 Å². The molecule has 8 nitrogen and oxygen atoms in total. The summed E-state index contributed by atoms with van der Waals surface area (Å²) in [6.45, 7) is 2.25. The number of nitrogens with zero attached hydrogens (tertiary/aromatic N) is 2. The monoisotopic (exact) mass is 341 g/mol. The third-order valence-electron chi connectivity index (χ3n) is 3.03. The van der Waals surface area contributed by atoms with Crippen LogP contribution in [0.4, 0.5) is 0 Å². The van der Waals surface area contributed by atoms with E-state index in [9.17, 15) is 0 Å². The highest BCUT2D eigenvalue weighted by Gasteiger charge is 2.09. The van der Waals surface area contributed by atoms with Gasteiger partial charge in [-0.15, -0.1) is 0 Å². The Bertz CT molecular complexity index is 656. The summed E-state index contributed by atoms with van der Waals surface area (Å²) in [4.78, 5) is 0. The van der Waals surface area contributed by atoms with Crippen LogP contribution in [0.3, 0.4) is 0 Å². The van der Waals surface area contributed by atoms with Crippen LogP contribution >= 0.6 is 0 Å². The molecule has 0 saturated heterocycles. The molecule has 2 aromatic rings. The van der Waals surface area contributed by atoms with Crippen molar-refractivity contribution in [3.8, 4) is 24.0 Å². The molecule has 0 spiro atoms. The molecule has 0 aromatic carbocycles. The van der Waals surface area contributed by atoms with Gasteiger partial charge in [-0.05, 0) is 12.1 Å². The summed E-state index contributed by atoms with van der Waals surface area (Å²) in [5.74, 6) is 1.99. The fraction of sp³-hybridized carbons (Fsp3) is 0.375. The van der Waals surface area contributed by atoms with E-state index in [1.54, 1.807) is 24.3 Å². The Morgan fingerprint density at radius 2 is 1.32 bits per heavy atom. The van der Waals surface area contributed by atoms with E-state index >= 15 is 0 Å². The first kappa shape index (κ1) is 18.5. The SMILES string of the molecule is N#CCCNCc1ccc(O[B]Oc2ccc(CNCCC#N)o2)o1. The van der Waals surface area contributed by atoms with E-state index < -0.39 is 0 Å². The van der Waals surface area contributed by atoms with Crippen LogP contribution in [0.25, 0.3) is 0 Å². The van der Waals surface area contributed by atoms with Crippen molar-refractivity contribution >= 4 is 7.69 Å². The topological polar surface area (TPSA) is 116 Å². The first-order valence-corrected chi connectivity index (χ1v) is 7.79. The molecule has 2 heterocycles. The normalized spacial score (nSPS) is 10.0. The number of furan rings is 2. The minimum Gasteiger partial charge on any atom is -0.499 e. The summed E-state index contributed by atoms with van der Waals surface area (Å²) in [6, 6.07) is 11.0. The molecule has 0 amide bonds. The van der Waals surface area contributed by atoms with Crippen LogP contribution in [0.1, 0.15) is 24.4 Å². The fourth-order valence-electron chi connectivity index (χ4n) is 1.86. The molecule has 2 rings (SSSR count). The first-order valence-electron chi connectivity index (χ1n) is 7.79. The van der Waals surface area contributed by atoms with Crippen molar-refractivity contribution in [2.75, 3.05) is 13.1 Å². The molecule has 0 atom stereocenters. The van der Waals surface area contributed by atoms with Crippen molar-refractivity contribution in [3.63, 3.8) is 0 Å². The fourth-order valence-corrected chi connectivity index (χ4v) is 1.86. The van der Waals surface area contributed by atoms with Gasteiger partial charge in [0.15, 0.2) is 0 Å². The third kappa shape index (κ3) is 7.04. The molecule has 0 aliphatic carbocycles. The molecule has 0 fully saturated rings. The number of nitrogens with one attached hydrogen (secondary N) is 2. The molecule has 2 N–H and O–H groups in total. The van der Waals surface area contributed by atoms with Gasteiger partial charge in [0.1, 0.15) is 11.5 Å². The summed E-state index contributed by atoms with van der Waals surface area (Å²) in [5.41, 5.74) is 0. The molecule has 0 aliphatic heterocycles. The van der Waals surface area contributed by atoms with Crippen molar-refractivity contribution in [2.24, 2.45) is 0 Å². The summed E-state index contributed by atoms with van der Waals surface area (Å²) < 4.78 is 21.3. The zero-order chi connectivity index (χ0) is 17.7. The second kappa shape index (κ2) is 10.8. The minimum absolute atomic E-state index is 0.294. The Morgan fingerprint density at radius 3 is 1.76 bits per heavy atom. The molecule has 25 heavy (non-hydrogen) atoms. The average Bonchev–Trinajstić information content (AvgIpc) is 3.25. The lowest BCUT2D eigenvalue weighted by atomic mass is 10.4. The first-order chi connectivity index (χ1) is 12.3. The lowest BCUT2D eigenvalue weighted by Crippen LogP contribution is -2.13. The van der Waals surface area contributed by atoms with Gasteiger partial charge in [0, 0.05) is 38.1 Å². The van der Waals surface area contributed by atoms with E-state index in [2.05, 4.69) is 22.8 Å². The van der Waals surface area contributed by atoms with Gasteiger partial charge in [0.05, 0.1) is 25.2 Å².